The Bertz CT molecular complexity index is 2380. The lowest BCUT2D eigenvalue weighted by molar-refractivity contribution is 0.748. The van der Waals surface area contributed by atoms with Crippen molar-refractivity contribution < 1.29 is 0 Å². The van der Waals surface area contributed by atoms with Crippen molar-refractivity contribution in [2.45, 2.75) is 5.41 Å². The predicted molar refractivity (Wildman–Crippen MR) is 170 cm³/mol. The summed E-state index contributed by atoms with van der Waals surface area (Å²) in [6.07, 6.45) is 1.94. The van der Waals surface area contributed by atoms with Gasteiger partial charge in [-0.1, -0.05) is 115 Å². The van der Waals surface area contributed by atoms with Gasteiger partial charge in [0.2, 0.25) is 0 Å². The van der Waals surface area contributed by atoms with E-state index in [9.17, 15) is 0 Å². The molecular weight excluding hydrogens is 510 g/mol. The molecule has 3 heteroatoms. The first-order valence-corrected chi connectivity index (χ1v) is 14.4. The second kappa shape index (κ2) is 7.80. The van der Waals surface area contributed by atoms with Gasteiger partial charge < -0.3 is 4.57 Å². The van der Waals surface area contributed by atoms with Gasteiger partial charge in [-0.15, -0.1) is 0 Å². The summed E-state index contributed by atoms with van der Waals surface area (Å²) in [4.78, 5) is 9.89. The molecule has 0 amide bonds. The summed E-state index contributed by atoms with van der Waals surface area (Å²) in [7, 11) is 0. The highest BCUT2D eigenvalue weighted by atomic mass is 15.0. The molecule has 0 N–H and O–H groups in total. The number of benzene rings is 6. The fraction of sp³-hybridized carbons (Fsp3) is 0.0256. The van der Waals surface area contributed by atoms with Crippen LogP contribution < -0.4 is 0 Å². The van der Waals surface area contributed by atoms with Crippen molar-refractivity contribution >= 4 is 32.7 Å². The van der Waals surface area contributed by atoms with E-state index in [2.05, 4.69) is 126 Å². The summed E-state index contributed by atoms with van der Waals surface area (Å²) < 4.78 is 2.48. The van der Waals surface area contributed by atoms with E-state index in [1.807, 2.05) is 18.3 Å². The Labute approximate surface area is 242 Å². The van der Waals surface area contributed by atoms with Crippen LogP contribution in [0, 0.1) is 0 Å². The number of hydrogen-bond acceptors (Lipinski definition) is 2. The molecule has 0 saturated heterocycles. The summed E-state index contributed by atoms with van der Waals surface area (Å²) in [5, 5.41) is 3.46. The second-order valence-corrected chi connectivity index (χ2v) is 11.3. The minimum atomic E-state index is -0.409. The maximum absolute atomic E-state index is 5.03. The maximum atomic E-state index is 5.03. The van der Waals surface area contributed by atoms with E-state index in [1.165, 1.54) is 60.9 Å². The van der Waals surface area contributed by atoms with Gasteiger partial charge in [-0.05, 0) is 51.6 Å². The SMILES string of the molecule is c1ccc2c(c1)-c1ccccc1C21c2ccccc2-n2c3cccc(-c4ncc5ccccc5n4)c3c3cccc1c32. The van der Waals surface area contributed by atoms with Crippen LogP contribution in [0.25, 0.3) is 60.9 Å². The van der Waals surface area contributed by atoms with E-state index in [4.69, 9.17) is 9.97 Å². The predicted octanol–water partition coefficient (Wildman–Crippen LogP) is 9.07. The molecule has 3 heterocycles. The Morgan fingerprint density at radius 2 is 1.17 bits per heavy atom. The normalized spacial score (nSPS) is 13.9. The van der Waals surface area contributed by atoms with Gasteiger partial charge in [-0.2, -0.15) is 0 Å². The molecule has 0 saturated carbocycles. The number of para-hydroxylation sites is 3. The van der Waals surface area contributed by atoms with E-state index in [0.29, 0.717) is 0 Å². The maximum Gasteiger partial charge on any atom is 0.160 e. The molecule has 1 aliphatic carbocycles. The van der Waals surface area contributed by atoms with Crippen LogP contribution in [0.4, 0.5) is 0 Å². The van der Waals surface area contributed by atoms with Gasteiger partial charge in [0.1, 0.15) is 0 Å². The number of rotatable bonds is 1. The average Bonchev–Trinajstić information content (AvgIpc) is 3.56. The second-order valence-electron chi connectivity index (χ2n) is 11.3. The zero-order valence-electron chi connectivity index (χ0n) is 22.6. The van der Waals surface area contributed by atoms with Crippen LogP contribution in [0.3, 0.4) is 0 Å². The van der Waals surface area contributed by atoms with Crippen molar-refractivity contribution in [1.29, 1.82) is 0 Å². The number of nitrogens with zero attached hydrogens (tertiary/aromatic N) is 3. The molecular formula is C39H23N3. The van der Waals surface area contributed by atoms with Gasteiger partial charge in [-0.3, -0.25) is 0 Å². The first-order valence-electron chi connectivity index (χ1n) is 14.4. The van der Waals surface area contributed by atoms with E-state index in [1.54, 1.807) is 0 Å². The van der Waals surface area contributed by atoms with Gasteiger partial charge in [0.05, 0.1) is 27.7 Å². The highest BCUT2D eigenvalue weighted by molar-refractivity contribution is 6.17. The molecule has 10 rings (SSSR count). The largest absolute Gasteiger partial charge is 0.309 e. The zero-order valence-corrected chi connectivity index (χ0v) is 22.6. The molecule has 3 nitrogen and oxygen atoms in total. The molecule has 0 bridgehead atoms. The fourth-order valence-electron chi connectivity index (χ4n) is 7.90. The van der Waals surface area contributed by atoms with Gasteiger partial charge in [0.25, 0.3) is 0 Å². The summed E-state index contributed by atoms with van der Waals surface area (Å²) in [6, 6.07) is 48.5. The molecule has 0 unspecified atom stereocenters. The monoisotopic (exact) mass is 533 g/mol. The molecule has 8 aromatic rings. The zero-order chi connectivity index (χ0) is 27.4. The standard InChI is InChI=1S/C39H23N3/c1-7-20-33-24(11-1)23-40-38(41-33)28-15-10-22-35-36(28)27-14-9-19-32-37(27)42(35)34-21-8-6-18-31(34)39(32)29-16-4-2-12-25(29)26-13-3-5-17-30(26)39/h1-23H. The topological polar surface area (TPSA) is 30.7 Å². The lowest BCUT2D eigenvalue weighted by Crippen LogP contribution is -2.33. The van der Waals surface area contributed by atoms with Crippen molar-refractivity contribution in [2.24, 2.45) is 0 Å². The minimum Gasteiger partial charge on any atom is -0.309 e. The molecule has 0 radical (unpaired) electrons. The highest BCUT2D eigenvalue weighted by Crippen LogP contribution is 2.61. The van der Waals surface area contributed by atoms with Crippen LogP contribution >= 0.6 is 0 Å². The minimum absolute atomic E-state index is 0.409. The third-order valence-electron chi connectivity index (χ3n) is 9.45. The van der Waals surface area contributed by atoms with Crippen molar-refractivity contribution in [3.05, 3.63) is 162 Å². The molecule has 2 aliphatic rings. The first kappa shape index (κ1) is 22.2. The molecule has 0 fully saturated rings. The van der Waals surface area contributed by atoms with E-state index >= 15 is 0 Å². The third-order valence-corrected chi connectivity index (χ3v) is 9.45. The Morgan fingerprint density at radius 3 is 2.00 bits per heavy atom. The van der Waals surface area contributed by atoms with Gasteiger partial charge in [0.15, 0.2) is 5.82 Å². The Hall–Kier alpha value is -5.54. The quantitative estimate of drug-likeness (QED) is 0.211. The van der Waals surface area contributed by atoms with Crippen molar-refractivity contribution in [3.63, 3.8) is 0 Å². The Balaban J connectivity index is 1.40. The van der Waals surface area contributed by atoms with E-state index in [-0.39, 0.29) is 0 Å². The highest BCUT2D eigenvalue weighted by Gasteiger charge is 2.50. The molecule has 0 atom stereocenters. The van der Waals surface area contributed by atoms with E-state index in [0.717, 1.165) is 22.3 Å². The lowest BCUT2D eigenvalue weighted by Gasteiger charge is -2.39. The summed E-state index contributed by atoms with van der Waals surface area (Å²) in [6.45, 7) is 0. The van der Waals surface area contributed by atoms with Crippen LogP contribution in [-0.4, -0.2) is 14.5 Å². The van der Waals surface area contributed by atoms with Gasteiger partial charge in [0, 0.05) is 27.9 Å². The summed E-state index contributed by atoms with van der Waals surface area (Å²) in [5.74, 6) is 0.752. The van der Waals surface area contributed by atoms with Crippen molar-refractivity contribution in [2.75, 3.05) is 0 Å². The molecule has 194 valence electrons. The molecule has 1 aliphatic heterocycles. The Morgan fingerprint density at radius 1 is 0.524 bits per heavy atom. The van der Waals surface area contributed by atoms with Crippen LogP contribution in [0.15, 0.2) is 140 Å². The number of hydrogen-bond donors (Lipinski definition) is 0. The number of aromatic nitrogens is 3. The summed E-state index contributed by atoms with van der Waals surface area (Å²) >= 11 is 0. The fourth-order valence-corrected chi connectivity index (χ4v) is 7.90. The average molecular weight is 534 g/mol. The van der Waals surface area contributed by atoms with E-state index < -0.39 is 5.41 Å². The molecule has 42 heavy (non-hydrogen) atoms. The van der Waals surface area contributed by atoms with Crippen LogP contribution in [0.1, 0.15) is 22.3 Å². The van der Waals surface area contributed by atoms with Crippen LogP contribution in [0.5, 0.6) is 0 Å². The van der Waals surface area contributed by atoms with Crippen molar-refractivity contribution in [1.82, 2.24) is 14.5 Å². The van der Waals surface area contributed by atoms with Gasteiger partial charge in [-0.25, -0.2) is 9.97 Å². The van der Waals surface area contributed by atoms with Crippen molar-refractivity contribution in [3.8, 4) is 28.2 Å². The molecule has 2 aromatic heterocycles. The summed E-state index contributed by atoms with van der Waals surface area (Å²) in [5.41, 5.74) is 13.2. The smallest absolute Gasteiger partial charge is 0.160 e. The first-order chi connectivity index (χ1) is 20.9. The number of fused-ring (bicyclic) bond motifs is 13. The van der Waals surface area contributed by atoms with Crippen LogP contribution in [-0.2, 0) is 5.41 Å². The van der Waals surface area contributed by atoms with Crippen LogP contribution in [0.2, 0.25) is 0 Å². The lowest BCUT2D eigenvalue weighted by atomic mass is 9.65. The van der Waals surface area contributed by atoms with Gasteiger partial charge >= 0.3 is 0 Å². The third kappa shape index (κ3) is 2.53. The molecule has 1 spiro atoms. The Kier molecular flexibility index (Phi) is 4.12. The molecule has 6 aromatic carbocycles.